The maximum atomic E-state index is 12.4. The molecule has 24 heavy (non-hydrogen) atoms. The van der Waals surface area contributed by atoms with Crippen molar-refractivity contribution in [2.24, 2.45) is 0 Å². The topological polar surface area (TPSA) is 62.0 Å². The second-order valence-electron chi connectivity index (χ2n) is 5.99. The number of fused-ring (bicyclic) bond motifs is 3. The summed E-state index contributed by atoms with van der Waals surface area (Å²) in [5.41, 5.74) is 4.07. The van der Waals surface area contributed by atoms with Crippen LogP contribution in [0.5, 0.6) is 0 Å². The van der Waals surface area contributed by atoms with Crippen molar-refractivity contribution in [1.82, 2.24) is 4.98 Å². The minimum atomic E-state index is -0.181. The van der Waals surface area contributed by atoms with Crippen LogP contribution >= 0.6 is 15.9 Å². The number of carbonyl (C=O) groups excluding carboxylic acids is 1. The fourth-order valence-electron chi connectivity index (χ4n) is 3.31. The first kappa shape index (κ1) is 15.1. The summed E-state index contributed by atoms with van der Waals surface area (Å²) >= 11 is 3.37. The van der Waals surface area contributed by atoms with Gasteiger partial charge in [0.2, 0.25) is 0 Å². The van der Waals surface area contributed by atoms with Crippen LogP contribution in [-0.2, 0) is 12.8 Å². The third kappa shape index (κ3) is 2.65. The molecule has 0 aliphatic heterocycles. The number of carbonyl (C=O) groups is 1. The Labute approximate surface area is 147 Å². The number of amides is 1. The minimum absolute atomic E-state index is 0.00883. The second-order valence-corrected chi connectivity index (χ2v) is 6.91. The molecular weight excluding hydrogens is 368 g/mol. The number of nitrogens with one attached hydrogen (secondary N) is 2. The van der Waals surface area contributed by atoms with Gasteiger partial charge in [0.25, 0.3) is 11.5 Å². The molecule has 0 spiro atoms. The first-order valence-electron chi connectivity index (χ1n) is 7.86. The van der Waals surface area contributed by atoms with Crippen LogP contribution < -0.4 is 10.9 Å². The summed E-state index contributed by atoms with van der Waals surface area (Å²) < 4.78 is 0.855. The fraction of sp³-hybridized carbons (Fsp3) is 0.158. The van der Waals surface area contributed by atoms with Gasteiger partial charge in [-0.2, -0.15) is 0 Å². The standard InChI is InChI=1S/C19H15BrN2O2/c20-12-4-1-3-11(9-12)18(23)21-13-7-8-15-14-5-2-6-16(14)19(24)22-17(15)10-13/h1,3-4,7-10H,2,5-6H2,(H,21,23)(H,22,24). The molecule has 1 amide bonds. The number of halogens is 1. The predicted molar refractivity (Wildman–Crippen MR) is 98.7 cm³/mol. The van der Waals surface area contributed by atoms with E-state index in [1.54, 1.807) is 12.1 Å². The number of pyridine rings is 1. The van der Waals surface area contributed by atoms with E-state index in [1.165, 1.54) is 0 Å². The SMILES string of the molecule is O=C(Nc1ccc2c3c(c(=O)[nH]c2c1)CCC3)c1cccc(Br)c1. The lowest BCUT2D eigenvalue weighted by molar-refractivity contribution is 0.102. The smallest absolute Gasteiger partial charge is 0.255 e. The van der Waals surface area contributed by atoms with Crippen LogP contribution in [0, 0.1) is 0 Å². The molecule has 120 valence electrons. The van der Waals surface area contributed by atoms with Crippen molar-refractivity contribution in [2.45, 2.75) is 19.3 Å². The van der Waals surface area contributed by atoms with E-state index in [-0.39, 0.29) is 11.5 Å². The number of H-pyrrole nitrogens is 1. The summed E-state index contributed by atoms with van der Waals surface area (Å²) in [5, 5.41) is 3.95. The lowest BCUT2D eigenvalue weighted by Crippen LogP contribution is -2.14. The highest BCUT2D eigenvalue weighted by Gasteiger charge is 2.18. The van der Waals surface area contributed by atoms with E-state index in [1.807, 2.05) is 30.3 Å². The number of hydrogen-bond donors (Lipinski definition) is 2. The Morgan fingerprint density at radius 3 is 2.75 bits per heavy atom. The molecule has 0 bridgehead atoms. The lowest BCUT2D eigenvalue weighted by atomic mass is 10.1. The zero-order valence-electron chi connectivity index (χ0n) is 12.9. The Hall–Kier alpha value is -2.40. The van der Waals surface area contributed by atoms with Crippen LogP contribution in [0.4, 0.5) is 5.69 Å². The summed E-state index contributed by atoms with van der Waals surface area (Å²) in [6.45, 7) is 0. The Kier molecular flexibility index (Phi) is 3.73. The largest absolute Gasteiger partial charge is 0.322 e. The first-order chi connectivity index (χ1) is 11.6. The van der Waals surface area contributed by atoms with Crippen molar-refractivity contribution in [3.8, 4) is 0 Å². The highest BCUT2D eigenvalue weighted by atomic mass is 79.9. The number of anilines is 1. The number of aromatic amines is 1. The molecule has 2 N–H and O–H groups in total. The highest BCUT2D eigenvalue weighted by molar-refractivity contribution is 9.10. The van der Waals surface area contributed by atoms with Crippen molar-refractivity contribution in [3.63, 3.8) is 0 Å². The van der Waals surface area contributed by atoms with Gasteiger partial charge >= 0.3 is 0 Å². The number of benzene rings is 2. The number of hydrogen-bond acceptors (Lipinski definition) is 2. The lowest BCUT2D eigenvalue weighted by Gasteiger charge is -2.09. The maximum absolute atomic E-state index is 12.4. The van der Waals surface area contributed by atoms with Crippen LogP contribution in [0.15, 0.2) is 51.7 Å². The average molecular weight is 383 g/mol. The van der Waals surface area contributed by atoms with E-state index in [0.29, 0.717) is 11.3 Å². The van der Waals surface area contributed by atoms with Gasteiger partial charge in [0, 0.05) is 26.7 Å². The molecule has 0 atom stereocenters. The Morgan fingerprint density at radius 1 is 1.08 bits per heavy atom. The highest BCUT2D eigenvalue weighted by Crippen LogP contribution is 2.28. The van der Waals surface area contributed by atoms with Crippen molar-refractivity contribution < 1.29 is 4.79 Å². The second kappa shape index (κ2) is 5.91. The Bertz CT molecular complexity index is 1020. The minimum Gasteiger partial charge on any atom is -0.322 e. The molecule has 1 aliphatic carbocycles. The molecule has 5 heteroatoms. The number of rotatable bonds is 2. The van der Waals surface area contributed by atoms with Crippen molar-refractivity contribution in [3.05, 3.63) is 74.0 Å². The van der Waals surface area contributed by atoms with Crippen molar-refractivity contribution in [2.75, 3.05) is 5.32 Å². The van der Waals surface area contributed by atoms with Gasteiger partial charge in [0.1, 0.15) is 0 Å². The summed E-state index contributed by atoms with van der Waals surface area (Å²) in [6, 6.07) is 12.9. The molecule has 1 aliphatic rings. The molecule has 0 saturated carbocycles. The van der Waals surface area contributed by atoms with E-state index >= 15 is 0 Å². The Balaban J connectivity index is 1.70. The zero-order valence-corrected chi connectivity index (χ0v) is 14.4. The molecule has 4 nitrogen and oxygen atoms in total. The van der Waals surface area contributed by atoms with Crippen LogP contribution in [0.3, 0.4) is 0 Å². The van der Waals surface area contributed by atoms with E-state index < -0.39 is 0 Å². The van der Waals surface area contributed by atoms with Gasteiger partial charge < -0.3 is 10.3 Å². The zero-order chi connectivity index (χ0) is 16.7. The summed E-state index contributed by atoms with van der Waals surface area (Å²) in [7, 11) is 0. The number of aryl methyl sites for hydroxylation is 1. The third-order valence-electron chi connectivity index (χ3n) is 4.43. The van der Waals surface area contributed by atoms with Gasteiger partial charge in [0.15, 0.2) is 0 Å². The van der Waals surface area contributed by atoms with Gasteiger partial charge in [-0.3, -0.25) is 9.59 Å². The fourth-order valence-corrected chi connectivity index (χ4v) is 3.71. The molecule has 3 aromatic rings. The van der Waals surface area contributed by atoms with Gasteiger partial charge in [0.05, 0.1) is 5.52 Å². The molecule has 4 rings (SSSR count). The van der Waals surface area contributed by atoms with Crippen molar-refractivity contribution >= 4 is 38.4 Å². The quantitative estimate of drug-likeness (QED) is 0.702. The molecule has 1 heterocycles. The monoisotopic (exact) mass is 382 g/mol. The van der Waals surface area contributed by atoms with Crippen LogP contribution in [0.1, 0.15) is 27.9 Å². The van der Waals surface area contributed by atoms with Gasteiger partial charge in [-0.15, -0.1) is 0 Å². The van der Waals surface area contributed by atoms with E-state index in [4.69, 9.17) is 0 Å². The molecule has 0 fully saturated rings. The van der Waals surface area contributed by atoms with Crippen molar-refractivity contribution in [1.29, 1.82) is 0 Å². The summed E-state index contributed by atoms with van der Waals surface area (Å²) in [4.78, 5) is 27.5. The van der Waals surface area contributed by atoms with Gasteiger partial charge in [-0.1, -0.05) is 28.1 Å². The predicted octanol–water partition coefficient (Wildman–Crippen LogP) is 4.03. The Morgan fingerprint density at radius 2 is 1.92 bits per heavy atom. The van der Waals surface area contributed by atoms with Crippen LogP contribution in [-0.4, -0.2) is 10.9 Å². The molecule has 2 aromatic carbocycles. The average Bonchev–Trinajstić information content (AvgIpc) is 3.05. The van der Waals surface area contributed by atoms with Crippen LogP contribution in [0.2, 0.25) is 0 Å². The van der Waals surface area contributed by atoms with Crippen LogP contribution in [0.25, 0.3) is 10.9 Å². The summed E-state index contributed by atoms with van der Waals surface area (Å²) in [6.07, 6.45) is 2.82. The third-order valence-corrected chi connectivity index (χ3v) is 4.92. The molecule has 0 radical (unpaired) electrons. The maximum Gasteiger partial charge on any atom is 0.255 e. The molecular formula is C19H15BrN2O2. The molecule has 0 saturated heterocycles. The summed E-state index contributed by atoms with van der Waals surface area (Å²) in [5.74, 6) is -0.181. The van der Waals surface area contributed by atoms with Gasteiger partial charge in [-0.25, -0.2) is 0 Å². The first-order valence-corrected chi connectivity index (χ1v) is 8.66. The number of aromatic nitrogens is 1. The normalized spacial score (nSPS) is 13.0. The molecule has 1 aromatic heterocycles. The van der Waals surface area contributed by atoms with E-state index in [0.717, 1.165) is 45.8 Å². The molecule has 0 unspecified atom stereocenters. The van der Waals surface area contributed by atoms with E-state index in [2.05, 4.69) is 26.2 Å². The van der Waals surface area contributed by atoms with E-state index in [9.17, 15) is 9.59 Å². The van der Waals surface area contributed by atoms with Gasteiger partial charge in [-0.05, 0) is 55.2 Å².